The lowest BCUT2D eigenvalue weighted by molar-refractivity contribution is -0.152. The highest BCUT2D eigenvalue weighted by molar-refractivity contribution is 9.10. The second-order valence-corrected chi connectivity index (χ2v) is 8.37. The summed E-state index contributed by atoms with van der Waals surface area (Å²) in [5.41, 5.74) is -1.31. The first-order valence-electron chi connectivity index (χ1n) is 9.49. The SMILES string of the molecule is O=C(COc1ccc2c(=O)c(-c3ccc(Cl)cc3)c(C(F)(F)F)oc2c1)c1ccc(Br)cc1. The maximum atomic E-state index is 13.8. The Balaban J connectivity index is 1.71. The predicted octanol–water partition coefficient (Wildman–Crippen LogP) is 7.16. The second-order valence-electron chi connectivity index (χ2n) is 7.02. The third-order valence-electron chi connectivity index (χ3n) is 4.79. The Morgan fingerprint density at radius 1 is 1.00 bits per heavy atom. The summed E-state index contributed by atoms with van der Waals surface area (Å²) < 4.78 is 52.6. The van der Waals surface area contributed by atoms with Crippen molar-refractivity contribution >= 4 is 44.3 Å². The number of rotatable bonds is 5. The number of carbonyl (C=O) groups excluding carboxylic acids is 1. The van der Waals surface area contributed by atoms with Crippen LogP contribution in [0.2, 0.25) is 5.02 Å². The molecule has 4 rings (SSSR count). The molecule has 4 nitrogen and oxygen atoms in total. The molecule has 0 amide bonds. The van der Waals surface area contributed by atoms with Gasteiger partial charge in [0.2, 0.25) is 11.2 Å². The fourth-order valence-corrected chi connectivity index (χ4v) is 3.60. The Kier molecular flexibility index (Phi) is 6.32. The summed E-state index contributed by atoms with van der Waals surface area (Å²) in [5, 5.41) is 0.261. The molecule has 1 heterocycles. The number of ether oxygens (including phenoxy) is 1. The van der Waals surface area contributed by atoms with E-state index in [1.54, 1.807) is 24.3 Å². The lowest BCUT2D eigenvalue weighted by Crippen LogP contribution is -2.16. The van der Waals surface area contributed by atoms with Crippen molar-refractivity contribution in [2.45, 2.75) is 6.18 Å². The van der Waals surface area contributed by atoms with Crippen molar-refractivity contribution in [3.63, 3.8) is 0 Å². The van der Waals surface area contributed by atoms with Gasteiger partial charge in [-0.3, -0.25) is 9.59 Å². The molecule has 0 saturated carbocycles. The van der Waals surface area contributed by atoms with Crippen LogP contribution in [0.1, 0.15) is 16.1 Å². The molecule has 3 aromatic carbocycles. The van der Waals surface area contributed by atoms with E-state index in [1.165, 1.54) is 36.4 Å². The summed E-state index contributed by atoms with van der Waals surface area (Å²) in [7, 11) is 0. The van der Waals surface area contributed by atoms with Crippen LogP contribution in [0.3, 0.4) is 0 Å². The molecule has 1 aromatic heterocycles. The van der Waals surface area contributed by atoms with Crippen LogP contribution in [0.5, 0.6) is 5.75 Å². The van der Waals surface area contributed by atoms with Crippen LogP contribution in [0, 0.1) is 0 Å². The summed E-state index contributed by atoms with van der Waals surface area (Å²) in [6, 6.07) is 15.9. The van der Waals surface area contributed by atoms with E-state index in [-0.39, 0.29) is 34.7 Å². The zero-order valence-electron chi connectivity index (χ0n) is 16.6. The monoisotopic (exact) mass is 536 g/mol. The molecule has 0 radical (unpaired) electrons. The molecule has 4 aromatic rings. The normalized spacial score (nSPS) is 11.5. The fraction of sp³-hybridized carbons (Fsp3) is 0.0833. The highest BCUT2D eigenvalue weighted by Crippen LogP contribution is 2.38. The topological polar surface area (TPSA) is 56.5 Å². The van der Waals surface area contributed by atoms with E-state index in [1.807, 2.05) is 0 Å². The molecule has 0 spiro atoms. The van der Waals surface area contributed by atoms with Crippen molar-refractivity contribution in [1.29, 1.82) is 0 Å². The van der Waals surface area contributed by atoms with Crippen LogP contribution >= 0.6 is 27.5 Å². The number of hydrogen-bond acceptors (Lipinski definition) is 4. The van der Waals surface area contributed by atoms with Crippen LogP contribution in [-0.4, -0.2) is 12.4 Å². The first kappa shape index (κ1) is 23.1. The number of benzene rings is 3. The third kappa shape index (κ3) is 4.96. The van der Waals surface area contributed by atoms with Gasteiger partial charge in [0, 0.05) is 21.1 Å². The molecule has 0 atom stereocenters. The van der Waals surface area contributed by atoms with Crippen LogP contribution in [-0.2, 0) is 6.18 Å². The van der Waals surface area contributed by atoms with E-state index in [0.717, 1.165) is 10.5 Å². The van der Waals surface area contributed by atoms with Gasteiger partial charge in [-0.05, 0) is 42.0 Å². The number of halogens is 5. The van der Waals surface area contributed by atoms with E-state index < -0.39 is 22.9 Å². The third-order valence-corrected chi connectivity index (χ3v) is 5.57. The van der Waals surface area contributed by atoms with Gasteiger partial charge in [-0.25, -0.2) is 0 Å². The first-order chi connectivity index (χ1) is 15.6. The van der Waals surface area contributed by atoms with Gasteiger partial charge in [0.15, 0.2) is 12.4 Å². The smallest absolute Gasteiger partial charge is 0.450 e. The minimum absolute atomic E-state index is 0.0304. The van der Waals surface area contributed by atoms with Gasteiger partial charge >= 0.3 is 6.18 Å². The number of fused-ring (bicyclic) bond motifs is 1. The van der Waals surface area contributed by atoms with E-state index in [9.17, 15) is 22.8 Å². The molecule has 0 aliphatic heterocycles. The molecule has 0 unspecified atom stereocenters. The number of ketones is 1. The Morgan fingerprint density at radius 2 is 1.67 bits per heavy atom. The zero-order valence-corrected chi connectivity index (χ0v) is 18.9. The van der Waals surface area contributed by atoms with Gasteiger partial charge in [0.25, 0.3) is 0 Å². The Morgan fingerprint density at radius 3 is 2.30 bits per heavy atom. The quantitative estimate of drug-likeness (QED) is 0.254. The molecule has 0 N–H and O–H groups in total. The highest BCUT2D eigenvalue weighted by atomic mass is 79.9. The molecular weight excluding hydrogens is 525 g/mol. The fourth-order valence-electron chi connectivity index (χ4n) is 3.21. The van der Waals surface area contributed by atoms with Crippen molar-refractivity contribution in [3.05, 3.63) is 97.8 Å². The van der Waals surface area contributed by atoms with Crippen LogP contribution in [0.25, 0.3) is 22.1 Å². The van der Waals surface area contributed by atoms with E-state index in [0.29, 0.717) is 10.6 Å². The van der Waals surface area contributed by atoms with Crippen molar-refractivity contribution in [2.75, 3.05) is 6.61 Å². The van der Waals surface area contributed by atoms with E-state index in [4.69, 9.17) is 20.8 Å². The molecule has 0 aliphatic rings. The summed E-state index contributed by atoms with van der Waals surface area (Å²) in [6.07, 6.45) is -4.92. The number of alkyl halides is 3. The average molecular weight is 538 g/mol. The van der Waals surface area contributed by atoms with Crippen molar-refractivity contribution in [1.82, 2.24) is 0 Å². The molecule has 168 valence electrons. The standard InChI is InChI=1S/C24H13BrClF3O4/c25-15-5-1-13(2-6-15)19(30)12-32-17-9-10-18-20(11-17)33-23(24(27,28)29)21(22(18)31)14-3-7-16(26)8-4-14/h1-11H,12H2. The average Bonchev–Trinajstić information content (AvgIpc) is 2.78. The Labute approximate surface area is 198 Å². The predicted molar refractivity (Wildman–Crippen MR) is 122 cm³/mol. The van der Waals surface area contributed by atoms with Gasteiger partial charge < -0.3 is 9.15 Å². The van der Waals surface area contributed by atoms with Gasteiger partial charge in [0.05, 0.1) is 10.9 Å². The maximum Gasteiger partial charge on any atom is 0.450 e. The molecule has 0 saturated heterocycles. The zero-order chi connectivity index (χ0) is 23.8. The van der Waals surface area contributed by atoms with Crippen molar-refractivity contribution in [3.8, 4) is 16.9 Å². The highest BCUT2D eigenvalue weighted by Gasteiger charge is 2.39. The molecule has 33 heavy (non-hydrogen) atoms. The van der Waals surface area contributed by atoms with Gasteiger partial charge in [-0.2, -0.15) is 13.2 Å². The molecule has 0 aliphatic carbocycles. The molecule has 9 heteroatoms. The van der Waals surface area contributed by atoms with Gasteiger partial charge in [0.1, 0.15) is 11.3 Å². The minimum Gasteiger partial charge on any atom is -0.485 e. The molecule has 0 bridgehead atoms. The van der Waals surface area contributed by atoms with Crippen LogP contribution in [0.15, 0.2) is 80.4 Å². The summed E-state index contributed by atoms with van der Waals surface area (Å²) in [5.74, 6) is -1.66. The van der Waals surface area contributed by atoms with E-state index >= 15 is 0 Å². The van der Waals surface area contributed by atoms with Crippen molar-refractivity contribution in [2.24, 2.45) is 0 Å². The van der Waals surface area contributed by atoms with Gasteiger partial charge in [-0.15, -0.1) is 0 Å². The Bertz CT molecular complexity index is 1400. The minimum atomic E-state index is -4.92. The molecule has 0 fully saturated rings. The first-order valence-corrected chi connectivity index (χ1v) is 10.7. The summed E-state index contributed by atoms with van der Waals surface area (Å²) in [4.78, 5) is 25.3. The largest absolute Gasteiger partial charge is 0.485 e. The summed E-state index contributed by atoms with van der Waals surface area (Å²) >= 11 is 9.09. The maximum absolute atomic E-state index is 13.8. The Hall–Kier alpha value is -3.10. The second kappa shape index (κ2) is 9.03. The van der Waals surface area contributed by atoms with Crippen molar-refractivity contribution < 1.29 is 27.1 Å². The number of carbonyl (C=O) groups is 1. The van der Waals surface area contributed by atoms with E-state index in [2.05, 4.69) is 15.9 Å². The lowest BCUT2D eigenvalue weighted by atomic mass is 10.0. The molecular formula is C24H13BrClF3O4. The number of hydrogen-bond donors (Lipinski definition) is 0. The van der Waals surface area contributed by atoms with Crippen LogP contribution in [0.4, 0.5) is 13.2 Å². The van der Waals surface area contributed by atoms with Crippen LogP contribution < -0.4 is 10.2 Å². The summed E-state index contributed by atoms with van der Waals surface area (Å²) in [6.45, 7) is -0.341. The lowest BCUT2D eigenvalue weighted by Gasteiger charge is -2.13. The van der Waals surface area contributed by atoms with Gasteiger partial charge in [-0.1, -0.05) is 51.8 Å². The number of Topliss-reactive ketones (excluding diaryl/α,β-unsaturated/α-hetero) is 1.